The summed E-state index contributed by atoms with van der Waals surface area (Å²) in [5.74, 6) is -2.57. The fourth-order valence-corrected chi connectivity index (χ4v) is 2.36. The molecule has 0 fully saturated rings. The number of hydrogen-bond acceptors (Lipinski definition) is 5. The Kier molecular flexibility index (Phi) is 5.69. The number of nitrogens with one attached hydrogen (secondary N) is 2. The van der Waals surface area contributed by atoms with E-state index in [1.165, 1.54) is 11.3 Å². The minimum absolute atomic E-state index is 0.171. The van der Waals surface area contributed by atoms with E-state index in [9.17, 15) is 18.4 Å². The van der Waals surface area contributed by atoms with Gasteiger partial charge in [0.15, 0.2) is 0 Å². The molecule has 2 N–H and O–H groups in total. The van der Waals surface area contributed by atoms with E-state index in [-0.39, 0.29) is 24.4 Å². The van der Waals surface area contributed by atoms with Crippen LogP contribution in [0.3, 0.4) is 0 Å². The Labute approximate surface area is 134 Å². The van der Waals surface area contributed by atoms with E-state index in [0.717, 1.165) is 17.1 Å². The van der Waals surface area contributed by atoms with Gasteiger partial charge in [0.05, 0.1) is 5.56 Å². The summed E-state index contributed by atoms with van der Waals surface area (Å²) >= 11 is 1.26. The molecule has 2 rings (SSSR count). The molecule has 0 spiro atoms. The normalized spacial score (nSPS) is 10.4. The lowest BCUT2D eigenvalue weighted by Gasteiger charge is -2.06. The first-order valence-electron chi connectivity index (χ1n) is 6.79. The van der Waals surface area contributed by atoms with Gasteiger partial charge in [-0.05, 0) is 25.5 Å². The Balaban J connectivity index is 1.72. The van der Waals surface area contributed by atoms with E-state index < -0.39 is 17.5 Å². The Morgan fingerprint density at radius 3 is 2.70 bits per heavy atom. The summed E-state index contributed by atoms with van der Waals surface area (Å²) in [6.45, 7) is 1.97. The van der Waals surface area contributed by atoms with Gasteiger partial charge in [-0.3, -0.25) is 9.59 Å². The molecule has 0 aliphatic carbocycles. The summed E-state index contributed by atoms with van der Waals surface area (Å²) in [4.78, 5) is 23.4. The van der Waals surface area contributed by atoms with Crippen LogP contribution in [0.1, 0.15) is 28.2 Å². The zero-order valence-electron chi connectivity index (χ0n) is 12.2. The average Bonchev–Trinajstić information content (AvgIpc) is 2.88. The van der Waals surface area contributed by atoms with Crippen molar-refractivity contribution < 1.29 is 18.4 Å². The molecule has 0 bridgehead atoms. The van der Waals surface area contributed by atoms with Crippen molar-refractivity contribution in [2.75, 3.05) is 11.9 Å². The lowest BCUT2D eigenvalue weighted by molar-refractivity contribution is -0.116. The minimum Gasteiger partial charge on any atom is -0.352 e. The van der Waals surface area contributed by atoms with E-state index in [1.54, 1.807) is 6.92 Å². The smallest absolute Gasteiger partial charge is 0.254 e. The number of amides is 2. The first-order valence-corrected chi connectivity index (χ1v) is 7.60. The second-order valence-electron chi connectivity index (χ2n) is 4.66. The average molecular weight is 340 g/mol. The molecule has 122 valence electrons. The lowest BCUT2D eigenvalue weighted by Crippen LogP contribution is -2.26. The number of hydrogen-bond donors (Lipinski definition) is 2. The van der Waals surface area contributed by atoms with E-state index in [0.29, 0.717) is 17.6 Å². The first-order chi connectivity index (χ1) is 11.0. The molecule has 1 aromatic carbocycles. The molecule has 1 aromatic heterocycles. The molecule has 0 saturated heterocycles. The van der Waals surface area contributed by atoms with Crippen molar-refractivity contribution in [1.82, 2.24) is 15.5 Å². The molecule has 0 aliphatic rings. The van der Waals surface area contributed by atoms with Crippen LogP contribution in [0, 0.1) is 18.6 Å². The zero-order valence-corrected chi connectivity index (χ0v) is 13.0. The van der Waals surface area contributed by atoms with Crippen molar-refractivity contribution in [3.63, 3.8) is 0 Å². The van der Waals surface area contributed by atoms with Gasteiger partial charge in [-0.2, -0.15) is 0 Å². The number of halogens is 2. The standard InChI is InChI=1S/C14H14F2N4O2S/c1-8-19-20-14(23-8)18-12(21)3-2-6-17-13(22)10-5-4-9(15)7-11(10)16/h4-5,7H,2-3,6H2,1H3,(H,17,22)(H,18,20,21). The number of aromatic nitrogens is 2. The summed E-state index contributed by atoms with van der Waals surface area (Å²) in [6, 6.07) is 2.73. The van der Waals surface area contributed by atoms with Gasteiger partial charge in [-0.15, -0.1) is 10.2 Å². The molecule has 2 aromatic rings. The Hall–Kier alpha value is -2.42. The van der Waals surface area contributed by atoms with E-state index in [1.807, 2.05) is 0 Å². The van der Waals surface area contributed by atoms with Gasteiger partial charge in [0.1, 0.15) is 16.6 Å². The molecule has 0 aliphatic heterocycles. The molecule has 6 nitrogen and oxygen atoms in total. The van der Waals surface area contributed by atoms with E-state index in [2.05, 4.69) is 20.8 Å². The highest BCUT2D eigenvalue weighted by molar-refractivity contribution is 7.15. The molecule has 9 heteroatoms. The molecular formula is C14H14F2N4O2S. The Morgan fingerprint density at radius 2 is 2.04 bits per heavy atom. The van der Waals surface area contributed by atoms with Crippen LogP contribution in [-0.2, 0) is 4.79 Å². The van der Waals surface area contributed by atoms with Crippen LogP contribution in [-0.4, -0.2) is 28.6 Å². The number of carbonyl (C=O) groups is 2. The van der Waals surface area contributed by atoms with Crippen molar-refractivity contribution in [2.45, 2.75) is 19.8 Å². The third-order valence-electron chi connectivity index (χ3n) is 2.81. The molecule has 23 heavy (non-hydrogen) atoms. The molecule has 0 saturated carbocycles. The predicted octanol–water partition coefficient (Wildman–Crippen LogP) is 2.27. The predicted molar refractivity (Wildman–Crippen MR) is 81.2 cm³/mol. The number of benzene rings is 1. The monoisotopic (exact) mass is 340 g/mol. The topological polar surface area (TPSA) is 84.0 Å². The summed E-state index contributed by atoms with van der Waals surface area (Å²) in [7, 11) is 0. The summed E-state index contributed by atoms with van der Waals surface area (Å²) in [5, 5.41) is 13.8. The van der Waals surface area contributed by atoms with Gasteiger partial charge >= 0.3 is 0 Å². The molecule has 1 heterocycles. The van der Waals surface area contributed by atoms with Crippen LogP contribution < -0.4 is 10.6 Å². The zero-order chi connectivity index (χ0) is 16.8. The summed E-state index contributed by atoms with van der Waals surface area (Å²) < 4.78 is 26.2. The minimum atomic E-state index is -0.924. The van der Waals surface area contributed by atoms with Gasteiger partial charge in [0.25, 0.3) is 5.91 Å². The van der Waals surface area contributed by atoms with E-state index >= 15 is 0 Å². The first kappa shape index (κ1) is 16.9. The van der Waals surface area contributed by atoms with Crippen molar-refractivity contribution in [2.24, 2.45) is 0 Å². The maximum Gasteiger partial charge on any atom is 0.254 e. The fourth-order valence-electron chi connectivity index (χ4n) is 1.75. The highest BCUT2D eigenvalue weighted by Crippen LogP contribution is 2.14. The second-order valence-corrected chi connectivity index (χ2v) is 5.84. The SMILES string of the molecule is Cc1nnc(NC(=O)CCCNC(=O)c2ccc(F)cc2F)s1. The Morgan fingerprint density at radius 1 is 1.26 bits per heavy atom. The second kappa shape index (κ2) is 7.73. The van der Waals surface area contributed by atoms with Gasteiger partial charge in [0.2, 0.25) is 11.0 Å². The van der Waals surface area contributed by atoms with Crippen LogP contribution >= 0.6 is 11.3 Å². The fraction of sp³-hybridized carbons (Fsp3) is 0.286. The van der Waals surface area contributed by atoms with Gasteiger partial charge in [-0.25, -0.2) is 8.78 Å². The molecule has 0 unspecified atom stereocenters. The van der Waals surface area contributed by atoms with Crippen molar-refractivity contribution in [3.05, 3.63) is 40.4 Å². The molecular weight excluding hydrogens is 326 g/mol. The number of anilines is 1. The van der Waals surface area contributed by atoms with Crippen LogP contribution in [0.2, 0.25) is 0 Å². The maximum absolute atomic E-state index is 13.4. The third kappa shape index (κ3) is 5.06. The quantitative estimate of drug-likeness (QED) is 0.790. The third-order valence-corrected chi connectivity index (χ3v) is 3.57. The van der Waals surface area contributed by atoms with Gasteiger partial charge < -0.3 is 10.6 Å². The van der Waals surface area contributed by atoms with Crippen LogP contribution in [0.4, 0.5) is 13.9 Å². The summed E-state index contributed by atoms with van der Waals surface area (Å²) in [6.07, 6.45) is 0.545. The number of nitrogens with zero attached hydrogens (tertiary/aromatic N) is 2. The largest absolute Gasteiger partial charge is 0.352 e. The number of aryl methyl sites for hydroxylation is 1. The van der Waals surface area contributed by atoms with Gasteiger partial charge in [-0.1, -0.05) is 11.3 Å². The van der Waals surface area contributed by atoms with Crippen LogP contribution in [0.25, 0.3) is 0 Å². The van der Waals surface area contributed by atoms with Crippen molar-refractivity contribution in [1.29, 1.82) is 0 Å². The van der Waals surface area contributed by atoms with Crippen LogP contribution in [0.5, 0.6) is 0 Å². The number of carbonyl (C=O) groups excluding carboxylic acids is 2. The number of rotatable bonds is 6. The van der Waals surface area contributed by atoms with E-state index in [4.69, 9.17) is 0 Å². The maximum atomic E-state index is 13.4. The van der Waals surface area contributed by atoms with Crippen molar-refractivity contribution >= 4 is 28.3 Å². The molecule has 0 radical (unpaired) electrons. The van der Waals surface area contributed by atoms with Crippen molar-refractivity contribution in [3.8, 4) is 0 Å². The highest BCUT2D eigenvalue weighted by atomic mass is 32.1. The lowest BCUT2D eigenvalue weighted by atomic mass is 10.2. The van der Waals surface area contributed by atoms with Crippen LogP contribution in [0.15, 0.2) is 18.2 Å². The Bertz CT molecular complexity index is 721. The molecule has 2 amide bonds. The molecule has 0 atom stereocenters. The summed E-state index contributed by atoms with van der Waals surface area (Å²) in [5.41, 5.74) is -0.236. The highest BCUT2D eigenvalue weighted by Gasteiger charge is 2.12. The van der Waals surface area contributed by atoms with Gasteiger partial charge in [0, 0.05) is 19.0 Å².